The van der Waals surface area contributed by atoms with Crippen LogP contribution in [0.4, 0.5) is 5.69 Å². The number of ether oxygens (including phenoxy) is 3. The molecule has 0 fully saturated rings. The molecule has 29 heavy (non-hydrogen) atoms. The van der Waals surface area contributed by atoms with Crippen molar-refractivity contribution in [3.63, 3.8) is 0 Å². The Morgan fingerprint density at radius 1 is 1.34 bits per heavy atom. The first-order valence-electron chi connectivity index (χ1n) is 8.31. The Morgan fingerprint density at radius 3 is 2.76 bits per heavy atom. The standard InChI is InChI=1S/C19H14BrClN2O6/c1-3-28-17-12(20)6-10(8-16(17)27-2)7-14-19(24)29-18(22-14)11-4-5-13(21)15(9-11)23(25)26/h4-9H,3H2,1-2H3/b14-7-. The molecule has 1 aliphatic rings. The summed E-state index contributed by atoms with van der Waals surface area (Å²) in [5.74, 6) is 0.306. The third kappa shape index (κ3) is 4.41. The molecule has 150 valence electrons. The minimum Gasteiger partial charge on any atom is -0.493 e. The Hall–Kier alpha value is -2.91. The number of nitro benzene ring substituents is 1. The summed E-state index contributed by atoms with van der Waals surface area (Å²) in [6.07, 6.45) is 1.52. The van der Waals surface area contributed by atoms with Gasteiger partial charge in [0, 0.05) is 11.6 Å². The number of benzene rings is 2. The SMILES string of the molecule is CCOc1c(Br)cc(/C=C2\N=C(c3ccc(Cl)c([N+](=O)[O-])c3)OC2=O)cc1OC. The van der Waals surface area contributed by atoms with Crippen molar-refractivity contribution in [3.8, 4) is 11.5 Å². The lowest BCUT2D eigenvalue weighted by atomic mass is 10.1. The summed E-state index contributed by atoms with van der Waals surface area (Å²) in [6.45, 7) is 2.32. The zero-order valence-corrected chi connectivity index (χ0v) is 17.6. The molecule has 2 aromatic carbocycles. The fraction of sp³-hybridized carbons (Fsp3) is 0.158. The number of cyclic esters (lactones) is 1. The molecule has 0 radical (unpaired) electrons. The van der Waals surface area contributed by atoms with Gasteiger partial charge in [0.2, 0.25) is 5.90 Å². The molecule has 0 bridgehead atoms. The number of carbonyl (C=O) groups is 1. The van der Waals surface area contributed by atoms with Crippen LogP contribution in [0.5, 0.6) is 11.5 Å². The van der Waals surface area contributed by atoms with Crippen molar-refractivity contribution in [2.45, 2.75) is 6.92 Å². The van der Waals surface area contributed by atoms with Crippen molar-refractivity contribution in [3.05, 3.63) is 66.8 Å². The Labute approximate surface area is 179 Å². The molecule has 0 atom stereocenters. The molecule has 0 spiro atoms. The van der Waals surface area contributed by atoms with Gasteiger partial charge >= 0.3 is 5.97 Å². The third-order valence-electron chi connectivity index (χ3n) is 3.85. The van der Waals surface area contributed by atoms with E-state index in [0.29, 0.717) is 28.1 Å². The van der Waals surface area contributed by atoms with Crippen LogP contribution < -0.4 is 9.47 Å². The summed E-state index contributed by atoms with van der Waals surface area (Å²) < 4.78 is 16.7. The Morgan fingerprint density at radius 2 is 2.10 bits per heavy atom. The predicted molar refractivity (Wildman–Crippen MR) is 111 cm³/mol. The van der Waals surface area contributed by atoms with E-state index in [9.17, 15) is 14.9 Å². The number of methoxy groups -OCH3 is 1. The second kappa shape index (κ2) is 8.62. The number of carbonyl (C=O) groups excluding carboxylic acids is 1. The van der Waals surface area contributed by atoms with Crippen molar-refractivity contribution in [2.75, 3.05) is 13.7 Å². The van der Waals surface area contributed by atoms with Gasteiger partial charge < -0.3 is 14.2 Å². The van der Waals surface area contributed by atoms with Gasteiger partial charge in [-0.1, -0.05) is 11.6 Å². The highest BCUT2D eigenvalue weighted by molar-refractivity contribution is 9.10. The normalized spacial score (nSPS) is 14.6. The minimum atomic E-state index is -0.679. The Balaban J connectivity index is 1.98. The van der Waals surface area contributed by atoms with E-state index in [2.05, 4.69) is 20.9 Å². The summed E-state index contributed by atoms with van der Waals surface area (Å²) in [7, 11) is 1.51. The molecular weight excluding hydrogens is 468 g/mol. The van der Waals surface area contributed by atoms with Gasteiger partial charge in [0.25, 0.3) is 5.69 Å². The number of halogens is 2. The molecule has 1 aliphatic heterocycles. The predicted octanol–water partition coefficient (Wildman–Crippen LogP) is 4.76. The summed E-state index contributed by atoms with van der Waals surface area (Å²) in [4.78, 5) is 26.8. The number of rotatable bonds is 6. The molecular formula is C19H14BrClN2O6. The largest absolute Gasteiger partial charge is 0.493 e. The van der Waals surface area contributed by atoms with Gasteiger partial charge in [0.05, 0.1) is 23.1 Å². The van der Waals surface area contributed by atoms with Crippen LogP contribution in [0, 0.1) is 10.1 Å². The number of nitro groups is 1. The number of aliphatic imine (C=N–C) groups is 1. The van der Waals surface area contributed by atoms with Gasteiger partial charge in [-0.25, -0.2) is 9.79 Å². The molecule has 3 rings (SSSR count). The van der Waals surface area contributed by atoms with E-state index >= 15 is 0 Å². The first-order chi connectivity index (χ1) is 13.8. The number of hydrogen-bond donors (Lipinski definition) is 0. The fourth-order valence-electron chi connectivity index (χ4n) is 2.58. The molecule has 0 amide bonds. The molecule has 0 saturated carbocycles. The van der Waals surface area contributed by atoms with E-state index in [0.717, 1.165) is 0 Å². The van der Waals surface area contributed by atoms with E-state index in [-0.39, 0.29) is 27.9 Å². The minimum absolute atomic E-state index is 0.0224. The van der Waals surface area contributed by atoms with Crippen LogP contribution in [0.3, 0.4) is 0 Å². The van der Waals surface area contributed by atoms with Crippen LogP contribution in [0.2, 0.25) is 5.02 Å². The highest BCUT2D eigenvalue weighted by Crippen LogP contribution is 2.37. The van der Waals surface area contributed by atoms with Gasteiger partial charge in [-0.05, 0) is 58.8 Å². The maximum absolute atomic E-state index is 12.2. The molecule has 0 N–H and O–H groups in total. The lowest BCUT2D eigenvalue weighted by Gasteiger charge is -2.12. The average Bonchev–Trinajstić information content (AvgIpc) is 3.04. The van der Waals surface area contributed by atoms with Crippen LogP contribution >= 0.6 is 27.5 Å². The van der Waals surface area contributed by atoms with Gasteiger partial charge in [-0.2, -0.15) is 0 Å². The maximum atomic E-state index is 12.2. The highest BCUT2D eigenvalue weighted by atomic mass is 79.9. The van der Waals surface area contributed by atoms with Crippen molar-refractivity contribution in [2.24, 2.45) is 4.99 Å². The third-order valence-corrected chi connectivity index (χ3v) is 4.76. The number of nitrogens with zero attached hydrogens (tertiary/aromatic N) is 2. The van der Waals surface area contributed by atoms with E-state index in [4.69, 9.17) is 25.8 Å². The van der Waals surface area contributed by atoms with Gasteiger partial charge in [-0.3, -0.25) is 10.1 Å². The molecule has 0 saturated heterocycles. The highest BCUT2D eigenvalue weighted by Gasteiger charge is 2.26. The van der Waals surface area contributed by atoms with Gasteiger partial charge in [0.15, 0.2) is 17.2 Å². The van der Waals surface area contributed by atoms with Gasteiger partial charge in [0.1, 0.15) is 5.02 Å². The summed E-state index contributed by atoms with van der Waals surface area (Å²) in [6, 6.07) is 7.47. The first-order valence-corrected chi connectivity index (χ1v) is 9.48. The number of esters is 1. The molecule has 10 heteroatoms. The second-order valence-corrected chi connectivity index (χ2v) is 6.99. The van der Waals surface area contributed by atoms with Crippen LogP contribution in [0.25, 0.3) is 6.08 Å². The van der Waals surface area contributed by atoms with Gasteiger partial charge in [-0.15, -0.1) is 0 Å². The van der Waals surface area contributed by atoms with Crippen molar-refractivity contribution in [1.29, 1.82) is 0 Å². The number of hydrogen-bond acceptors (Lipinski definition) is 7. The lowest BCUT2D eigenvalue weighted by Crippen LogP contribution is -2.06. The van der Waals surface area contributed by atoms with Crippen molar-refractivity contribution >= 4 is 51.2 Å². The first kappa shape index (κ1) is 20.8. The molecule has 8 nitrogen and oxygen atoms in total. The average molecular weight is 482 g/mol. The molecule has 0 aromatic heterocycles. The van der Waals surface area contributed by atoms with Crippen LogP contribution in [-0.4, -0.2) is 30.5 Å². The Kier molecular flexibility index (Phi) is 6.19. The Bertz CT molecular complexity index is 1070. The van der Waals surface area contributed by atoms with Crippen molar-refractivity contribution < 1.29 is 23.9 Å². The van der Waals surface area contributed by atoms with E-state index in [1.807, 2.05) is 6.92 Å². The fourth-order valence-corrected chi connectivity index (χ4v) is 3.34. The second-order valence-electron chi connectivity index (χ2n) is 5.73. The summed E-state index contributed by atoms with van der Waals surface area (Å²) in [5.41, 5.74) is 0.621. The molecule has 0 unspecified atom stereocenters. The molecule has 0 aliphatic carbocycles. The van der Waals surface area contributed by atoms with E-state index in [1.165, 1.54) is 31.4 Å². The molecule has 2 aromatic rings. The zero-order chi connectivity index (χ0) is 21.1. The maximum Gasteiger partial charge on any atom is 0.363 e. The monoisotopic (exact) mass is 480 g/mol. The summed E-state index contributed by atoms with van der Waals surface area (Å²) >= 11 is 9.23. The molecule has 1 heterocycles. The quantitative estimate of drug-likeness (QED) is 0.255. The summed E-state index contributed by atoms with van der Waals surface area (Å²) in [5, 5.41) is 11.0. The zero-order valence-electron chi connectivity index (χ0n) is 15.3. The van der Waals surface area contributed by atoms with Crippen molar-refractivity contribution in [1.82, 2.24) is 0 Å². The van der Waals surface area contributed by atoms with E-state index in [1.54, 1.807) is 12.1 Å². The van der Waals surface area contributed by atoms with Crippen LogP contribution in [-0.2, 0) is 9.53 Å². The van der Waals surface area contributed by atoms with Crippen LogP contribution in [0.1, 0.15) is 18.1 Å². The smallest absolute Gasteiger partial charge is 0.363 e. The van der Waals surface area contributed by atoms with Crippen LogP contribution in [0.15, 0.2) is 45.5 Å². The lowest BCUT2D eigenvalue weighted by molar-refractivity contribution is -0.384. The van der Waals surface area contributed by atoms with E-state index < -0.39 is 10.9 Å². The topological polar surface area (TPSA) is 100 Å².